The van der Waals surface area contributed by atoms with Crippen LogP contribution in [0.5, 0.6) is 0 Å². The second-order valence-corrected chi connectivity index (χ2v) is 10.9. The van der Waals surface area contributed by atoms with Crippen LogP contribution in [0, 0.1) is 0 Å². The van der Waals surface area contributed by atoms with E-state index in [1.54, 1.807) is 26.2 Å². The number of hydrogen-bond donors (Lipinski definition) is 2. The summed E-state index contributed by atoms with van der Waals surface area (Å²) in [6, 6.07) is 6.94. The van der Waals surface area contributed by atoms with Gasteiger partial charge in [-0.1, -0.05) is 18.6 Å². The van der Waals surface area contributed by atoms with E-state index >= 15 is 0 Å². The van der Waals surface area contributed by atoms with E-state index in [4.69, 9.17) is 0 Å². The van der Waals surface area contributed by atoms with Gasteiger partial charge in [-0.3, -0.25) is 9.89 Å². The molecule has 31 heavy (non-hydrogen) atoms. The number of piperidine rings is 1. The lowest BCUT2D eigenvalue weighted by Gasteiger charge is -2.41. The first-order chi connectivity index (χ1) is 14.1. The van der Waals surface area contributed by atoms with E-state index in [-0.39, 0.29) is 35.6 Å². The van der Waals surface area contributed by atoms with Crippen molar-refractivity contribution in [1.29, 1.82) is 0 Å². The fraction of sp³-hybridized carbons (Fsp3) is 0.682. The van der Waals surface area contributed by atoms with Crippen LogP contribution in [0.4, 0.5) is 0 Å². The molecule has 0 spiro atoms. The lowest BCUT2D eigenvalue weighted by Crippen LogP contribution is -2.54. The lowest BCUT2D eigenvalue weighted by atomic mass is 9.98. The number of likely N-dealkylation sites (tertiary alicyclic amines) is 1. The van der Waals surface area contributed by atoms with Gasteiger partial charge in [0.1, 0.15) is 0 Å². The van der Waals surface area contributed by atoms with Gasteiger partial charge in [-0.2, -0.15) is 4.31 Å². The monoisotopic (exact) mass is 565 g/mol. The average Bonchev–Trinajstić information content (AvgIpc) is 2.74. The predicted octanol–water partition coefficient (Wildman–Crippen LogP) is 3.26. The van der Waals surface area contributed by atoms with Gasteiger partial charge in [-0.05, 0) is 71.3 Å². The maximum Gasteiger partial charge on any atom is 0.243 e. The molecule has 178 valence electrons. The first-order valence-corrected chi connectivity index (χ1v) is 12.3. The minimum absolute atomic E-state index is 0. The molecule has 1 fully saturated rings. The summed E-state index contributed by atoms with van der Waals surface area (Å²) in [5, 5.41) is 6.76. The van der Waals surface area contributed by atoms with Crippen LogP contribution >= 0.6 is 24.0 Å². The first kappa shape index (κ1) is 28.1. The second-order valence-electron chi connectivity index (χ2n) is 8.90. The van der Waals surface area contributed by atoms with E-state index in [9.17, 15) is 8.42 Å². The van der Waals surface area contributed by atoms with Crippen molar-refractivity contribution in [3.63, 3.8) is 0 Å². The van der Waals surface area contributed by atoms with Crippen LogP contribution < -0.4 is 10.6 Å². The molecule has 0 unspecified atom stereocenters. The molecule has 0 amide bonds. The Bertz CT molecular complexity index is 804. The maximum atomic E-state index is 12.6. The first-order valence-electron chi connectivity index (χ1n) is 10.8. The van der Waals surface area contributed by atoms with Crippen LogP contribution in [0.1, 0.15) is 52.5 Å². The largest absolute Gasteiger partial charge is 0.355 e. The van der Waals surface area contributed by atoms with E-state index in [0.717, 1.165) is 31.2 Å². The van der Waals surface area contributed by atoms with E-state index in [1.165, 1.54) is 23.6 Å². The Balaban J connectivity index is 0.00000480. The minimum atomic E-state index is -3.45. The van der Waals surface area contributed by atoms with E-state index in [2.05, 4.69) is 34.4 Å². The molecular weight excluding hydrogens is 525 g/mol. The zero-order valence-electron chi connectivity index (χ0n) is 19.8. The van der Waals surface area contributed by atoms with Gasteiger partial charge in [-0.15, -0.1) is 24.0 Å². The van der Waals surface area contributed by atoms with Gasteiger partial charge >= 0.3 is 0 Å². The summed E-state index contributed by atoms with van der Waals surface area (Å²) in [7, 11) is -0.0823. The van der Waals surface area contributed by atoms with Gasteiger partial charge in [-0.25, -0.2) is 8.42 Å². The number of nitrogens with one attached hydrogen (secondary N) is 2. The molecule has 0 atom stereocenters. The summed E-state index contributed by atoms with van der Waals surface area (Å²) in [6.07, 6.45) is 3.88. The normalized spacial score (nSPS) is 16.3. The molecule has 1 heterocycles. The number of halogens is 1. The highest BCUT2D eigenvalue weighted by Crippen LogP contribution is 2.20. The van der Waals surface area contributed by atoms with E-state index in [0.29, 0.717) is 11.4 Å². The van der Waals surface area contributed by atoms with Crippen molar-refractivity contribution in [1.82, 2.24) is 19.8 Å². The third-order valence-corrected chi connectivity index (χ3v) is 7.96. The summed E-state index contributed by atoms with van der Waals surface area (Å²) in [6.45, 7) is 12.0. The average molecular weight is 566 g/mol. The Morgan fingerprint density at radius 2 is 1.71 bits per heavy atom. The predicted molar refractivity (Wildman–Crippen MR) is 140 cm³/mol. The van der Waals surface area contributed by atoms with Crippen LogP contribution in [0.2, 0.25) is 0 Å². The molecule has 0 saturated carbocycles. The number of sulfonamides is 1. The summed E-state index contributed by atoms with van der Waals surface area (Å²) in [4.78, 5) is 7.18. The topological polar surface area (TPSA) is 77.0 Å². The van der Waals surface area contributed by atoms with Crippen molar-refractivity contribution < 1.29 is 8.42 Å². The second kappa shape index (κ2) is 12.4. The van der Waals surface area contributed by atoms with Crippen molar-refractivity contribution in [2.45, 2.75) is 70.0 Å². The molecule has 1 aliphatic rings. The van der Waals surface area contributed by atoms with Crippen LogP contribution in [0.25, 0.3) is 0 Å². The molecule has 9 heteroatoms. The number of guanidine groups is 1. The quantitative estimate of drug-likeness (QED) is 0.288. The Kier molecular flexibility index (Phi) is 11.2. The van der Waals surface area contributed by atoms with Gasteiger partial charge in [0.2, 0.25) is 10.0 Å². The molecule has 0 radical (unpaired) electrons. The zero-order chi connectivity index (χ0) is 22.4. The molecule has 0 aromatic heterocycles. The molecule has 1 aromatic carbocycles. The highest BCUT2D eigenvalue weighted by atomic mass is 127. The van der Waals surface area contributed by atoms with Crippen molar-refractivity contribution in [2.75, 3.05) is 33.7 Å². The third-order valence-electron chi connectivity index (χ3n) is 5.91. The molecule has 2 rings (SSSR count). The Morgan fingerprint density at radius 3 is 2.23 bits per heavy atom. The van der Waals surface area contributed by atoms with Crippen LogP contribution in [0.15, 0.2) is 34.2 Å². The minimum Gasteiger partial charge on any atom is -0.355 e. The van der Waals surface area contributed by atoms with Gasteiger partial charge in [0, 0.05) is 38.8 Å². The Morgan fingerprint density at radius 1 is 1.13 bits per heavy atom. The summed E-state index contributed by atoms with van der Waals surface area (Å²) < 4.78 is 26.6. The summed E-state index contributed by atoms with van der Waals surface area (Å²) >= 11 is 0. The van der Waals surface area contributed by atoms with Crippen molar-refractivity contribution in [3.05, 3.63) is 29.8 Å². The van der Waals surface area contributed by atoms with Gasteiger partial charge < -0.3 is 10.6 Å². The fourth-order valence-electron chi connectivity index (χ4n) is 3.54. The van der Waals surface area contributed by atoms with Crippen molar-refractivity contribution in [3.8, 4) is 0 Å². The van der Waals surface area contributed by atoms with Crippen molar-refractivity contribution >= 4 is 40.0 Å². The van der Waals surface area contributed by atoms with Gasteiger partial charge in [0.05, 0.1) is 4.90 Å². The molecule has 1 aromatic rings. The number of hydrogen-bond acceptors (Lipinski definition) is 4. The smallest absolute Gasteiger partial charge is 0.243 e. The number of aliphatic imine (C=N–C) groups is 1. The maximum absolute atomic E-state index is 12.6. The molecule has 1 aliphatic heterocycles. The van der Waals surface area contributed by atoms with Crippen LogP contribution in [-0.4, -0.2) is 68.9 Å². The molecule has 2 N–H and O–H groups in total. The number of nitrogens with zero attached hydrogens (tertiary/aromatic N) is 3. The number of rotatable bonds is 8. The highest BCUT2D eigenvalue weighted by Gasteiger charge is 2.28. The molecule has 0 aliphatic carbocycles. The van der Waals surface area contributed by atoms with E-state index < -0.39 is 10.0 Å². The molecule has 1 saturated heterocycles. The molecular formula is C22H40IN5O2S. The molecule has 0 bridgehead atoms. The Hall–Kier alpha value is -0.910. The standard InChI is InChI=1S/C22H39N5O2S.HI/c1-18(2)26(6)30(28,29)20-12-10-19(11-13-20)16-24-21(23-5)25-17-22(3,4)27-14-8-7-9-15-27;/h10-13,18H,7-9,14-17H2,1-6H3,(H2,23,24,25);1H. The van der Waals surface area contributed by atoms with Crippen LogP contribution in [-0.2, 0) is 16.6 Å². The highest BCUT2D eigenvalue weighted by molar-refractivity contribution is 14.0. The summed E-state index contributed by atoms with van der Waals surface area (Å²) in [5.74, 6) is 0.747. The summed E-state index contributed by atoms with van der Waals surface area (Å²) in [5.41, 5.74) is 1.07. The Labute approximate surface area is 206 Å². The van der Waals surface area contributed by atoms with Crippen molar-refractivity contribution in [2.24, 2.45) is 4.99 Å². The van der Waals surface area contributed by atoms with E-state index in [1.807, 2.05) is 26.0 Å². The zero-order valence-corrected chi connectivity index (χ0v) is 23.0. The number of benzene rings is 1. The third kappa shape index (κ3) is 7.87. The lowest BCUT2D eigenvalue weighted by molar-refractivity contribution is 0.0982. The van der Waals surface area contributed by atoms with Crippen LogP contribution in [0.3, 0.4) is 0 Å². The molecule has 7 nitrogen and oxygen atoms in total. The van der Waals surface area contributed by atoms with Gasteiger partial charge in [0.15, 0.2) is 5.96 Å². The fourth-order valence-corrected chi connectivity index (χ4v) is 4.91. The van der Waals surface area contributed by atoms with Gasteiger partial charge in [0.25, 0.3) is 0 Å². The SMILES string of the molecule is CN=C(NCc1ccc(S(=O)(=O)N(C)C(C)C)cc1)NCC(C)(C)N1CCCCC1.I.